The van der Waals surface area contributed by atoms with Crippen LogP contribution in [-0.2, 0) is 19.1 Å². The largest absolute Gasteiger partial charge is 0.466 e. The summed E-state index contributed by atoms with van der Waals surface area (Å²) in [6.07, 6.45) is 1.81. The molecule has 0 aromatic rings. The third-order valence-corrected chi connectivity index (χ3v) is 0.836. The Morgan fingerprint density at radius 2 is 2.00 bits per heavy atom. The fraction of sp³-hybridized carbons (Fsp3) is 0.286. The molecule has 0 saturated heterocycles. The van der Waals surface area contributed by atoms with Gasteiger partial charge in [0.05, 0.1) is 7.11 Å². The summed E-state index contributed by atoms with van der Waals surface area (Å²) < 4.78 is 8.50. The molecule has 0 atom stereocenters. The molecule has 0 bridgehead atoms. The minimum atomic E-state index is -0.748. The molecular weight excluding hydrogens is 162 g/mol. The maximum absolute atomic E-state index is 10.6. The number of hydrogen-bond acceptors (Lipinski definition) is 5. The molecule has 12 heavy (non-hydrogen) atoms. The Labute approximate surface area is 69.2 Å². The zero-order valence-electron chi connectivity index (χ0n) is 6.44. The highest BCUT2D eigenvalue weighted by molar-refractivity contribution is 5.91. The van der Waals surface area contributed by atoms with E-state index in [9.17, 15) is 9.59 Å². The number of hydrogen-bond donors (Lipinski definition) is 0. The van der Waals surface area contributed by atoms with Gasteiger partial charge in [0.25, 0.3) is 0 Å². The third-order valence-electron chi connectivity index (χ3n) is 0.836. The van der Waals surface area contributed by atoms with E-state index in [0.717, 1.165) is 12.2 Å². The molecule has 64 valence electrons. The van der Waals surface area contributed by atoms with Gasteiger partial charge in [-0.15, -0.1) is 0 Å². The summed E-state index contributed by atoms with van der Waals surface area (Å²) in [6, 6.07) is 1.61. The lowest BCUT2D eigenvalue weighted by atomic mass is 10.5. The summed E-state index contributed by atoms with van der Waals surface area (Å²) in [6.45, 7) is -0.329. The first-order valence-corrected chi connectivity index (χ1v) is 3.00. The number of esters is 2. The standard InChI is InChI=1S/C7H7NO4/c1-11-6(9)2-3-7(10)12-5-4-8/h2-3H,5H2,1H3/b3-2-. The number of carbonyl (C=O) groups is 2. The van der Waals surface area contributed by atoms with Gasteiger partial charge in [0.2, 0.25) is 0 Å². The molecule has 0 saturated carbocycles. The fourth-order valence-corrected chi connectivity index (χ4v) is 0.356. The lowest BCUT2D eigenvalue weighted by molar-refractivity contribution is -0.138. The second-order valence-corrected chi connectivity index (χ2v) is 1.62. The molecular formula is C7H7NO4. The minimum Gasteiger partial charge on any atom is -0.466 e. The van der Waals surface area contributed by atoms with Gasteiger partial charge in [-0.1, -0.05) is 0 Å². The van der Waals surface area contributed by atoms with Crippen molar-refractivity contribution in [3.8, 4) is 6.07 Å². The van der Waals surface area contributed by atoms with E-state index in [-0.39, 0.29) is 6.61 Å². The van der Waals surface area contributed by atoms with Crippen LogP contribution in [0.5, 0.6) is 0 Å². The Hall–Kier alpha value is -1.83. The zero-order valence-corrected chi connectivity index (χ0v) is 6.44. The molecule has 0 rings (SSSR count). The van der Waals surface area contributed by atoms with Crippen LogP contribution < -0.4 is 0 Å². The van der Waals surface area contributed by atoms with Gasteiger partial charge in [-0.3, -0.25) is 0 Å². The molecule has 0 fully saturated rings. The number of carbonyl (C=O) groups excluding carboxylic acids is 2. The Morgan fingerprint density at radius 3 is 2.50 bits per heavy atom. The smallest absolute Gasteiger partial charge is 0.332 e. The van der Waals surface area contributed by atoms with Gasteiger partial charge >= 0.3 is 11.9 Å². The van der Waals surface area contributed by atoms with Crippen molar-refractivity contribution in [3.05, 3.63) is 12.2 Å². The molecule has 0 heterocycles. The fourth-order valence-electron chi connectivity index (χ4n) is 0.356. The van der Waals surface area contributed by atoms with Crippen molar-refractivity contribution in [3.63, 3.8) is 0 Å². The van der Waals surface area contributed by atoms with Crippen LogP contribution >= 0.6 is 0 Å². The number of nitriles is 1. The van der Waals surface area contributed by atoms with Gasteiger partial charge in [-0.25, -0.2) is 9.59 Å². The molecule has 0 radical (unpaired) electrons. The topological polar surface area (TPSA) is 76.4 Å². The van der Waals surface area contributed by atoms with E-state index in [2.05, 4.69) is 9.47 Å². The molecule has 0 spiro atoms. The van der Waals surface area contributed by atoms with E-state index in [1.54, 1.807) is 6.07 Å². The van der Waals surface area contributed by atoms with E-state index in [1.165, 1.54) is 7.11 Å². The number of nitrogens with zero attached hydrogens (tertiary/aromatic N) is 1. The van der Waals surface area contributed by atoms with Gasteiger partial charge in [0.1, 0.15) is 6.07 Å². The van der Waals surface area contributed by atoms with Gasteiger partial charge < -0.3 is 9.47 Å². The Morgan fingerprint density at radius 1 is 1.42 bits per heavy atom. The van der Waals surface area contributed by atoms with Crippen molar-refractivity contribution >= 4 is 11.9 Å². The van der Waals surface area contributed by atoms with Crippen molar-refractivity contribution in [1.82, 2.24) is 0 Å². The number of rotatable bonds is 3. The van der Waals surface area contributed by atoms with E-state index in [1.807, 2.05) is 0 Å². The molecule has 0 aliphatic rings. The van der Waals surface area contributed by atoms with E-state index < -0.39 is 11.9 Å². The summed E-state index contributed by atoms with van der Waals surface area (Å²) in [4.78, 5) is 21.0. The van der Waals surface area contributed by atoms with E-state index in [0.29, 0.717) is 0 Å². The van der Waals surface area contributed by atoms with Gasteiger partial charge in [0, 0.05) is 12.2 Å². The minimum absolute atomic E-state index is 0.329. The molecule has 5 heteroatoms. The molecule has 0 amide bonds. The predicted molar refractivity (Wildman–Crippen MR) is 37.7 cm³/mol. The number of methoxy groups -OCH3 is 1. The summed E-state index contributed by atoms with van der Waals surface area (Å²) in [5.74, 6) is -1.40. The molecule has 0 aliphatic heterocycles. The van der Waals surface area contributed by atoms with Crippen LogP contribution in [0.25, 0.3) is 0 Å². The Bertz CT molecular complexity index is 238. The predicted octanol–water partition coefficient (Wildman–Crippen LogP) is -0.218. The first-order chi connectivity index (χ1) is 5.70. The summed E-state index contributed by atoms with van der Waals surface area (Å²) in [7, 11) is 1.19. The van der Waals surface area contributed by atoms with E-state index >= 15 is 0 Å². The zero-order chi connectivity index (χ0) is 9.40. The van der Waals surface area contributed by atoms with Crippen LogP contribution in [-0.4, -0.2) is 25.7 Å². The molecule has 0 aromatic heterocycles. The highest BCUT2D eigenvalue weighted by Crippen LogP contribution is 1.82. The van der Waals surface area contributed by atoms with E-state index in [4.69, 9.17) is 5.26 Å². The van der Waals surface area contributed by atoms with Crippen LogP contribution in [0.2, 0.25) is 0 Å². The maximum atomic E-state index is 10.6. The second-order valence-electron chi connectivity index (χ2n) is 1.62. The maximum Gasteiger partial charge on any atom is 0.332 e. The van der Waals surface area contributed by atoms with Crippen LogP contribution in [0.4, 0.5) is 0 Å². The SMILES string of the molecule is COC(=O)/C=C\C(=O)OCC#N. The molecule has 0 N–H and O–H groups in total. The van der Waals surface area contributed by atoms with Crippen molar-refractivity contribution in [2.24, 2.45) is 0 Å². The summed E-state index contributed by atoms with van der Waals surface area (Å²) >= 11 is 0. The molecule has 0 aliphatic carbocycles. The van der Waals surface area contributed by atoms with Crippen molar-refractivity contribution < 1.29 is 19.1 Å². The highest BCUT2D eigenvalue weighted by atomic mass is 16.5. The van der Waals surface area contributed by atoms with Crippen LogP contribution in [0.3, 0.4) is 0 Å². The highest BCUT2D eigenvalue weighted by Gasteiger charge is 1.97. The molecule has 0 aromatic carbocycles. The monoisotopic (exact) mass is 169 g/mol. The normalized spacial score (nSPS) is 9.00. The van der Waals surface area contributed by atoms with Crippen LogP contribution in [0.1, 0.15) is 0 Å². The van der Waals surface area contributed by atoms with Crippen molar-refractivity contribution in [2.75, 3.05) is 13.7 Å². The Balaban J connectivity index is 3.77. The van der Waals surface area contributed by atoms with Crippen molar-refractivity contribution in [1.29, 1.82) is 5.26 Å². The number of ether oxygens (including phenoxy) is 2. The Kier molecular flexibility index (Phi) is 5.02. The average molecular weight is 169 g/mol. The van der Waals surface area contributed by atoms with Crippen molar-refractivity contribution in [2.45, 2.75) is 0 Å². The first kappa shape index (κ1) is 10.2. The quantitative estimate of drug-likeness (QED) is 0.431. The lowest BCUT2D eigenvalue weighted by Gasteiger charge is -1.92. The van der Waals surface area contributed by atoms with Gasteiger partial charge in [0.15, 0.2) is 6.61 Å². The van der Waals surface area contributed by atoms with Gasteiger partial charge in [-0.2, -0.15) is 5.26 Å². The first-order valence-electron chi connectivity index (χ1n) is 3.00. The second kappa shape index (κ2) is 5.92. The average Bonchev–Trinajstić information content (AvgIpc) is 2.10. The van der Waals surface area contributed by atoms with Gasteiger partial charge in [-0.05, 0) is 0 Å². The molecule has 5 nitrogen and oxygen atoms in total. The summed E-state index contributed by atoms with van der Waals surface area (Å²) in [5.41, 5.74) is 0. The summed E-state index contributed by atoms with van der Waals surface area (Å²) in [5, 5.41) is 8.00. The lowest BCUT2D eigenvalue weighted by Crippen LogP contribution is -2.02. The third kappa shape index (κ3) is 4.99. The van der Waals surface area contributed by atoms with Crippen LogP contribution in [0, 0.1) is 11.3 Å². The van der Waals surface area contributed by atoms with Crippen LogP contribution in [0.15, 0.2) is 12.2 Å². The molecule has 0 unspecified atom stereocenters.